The van der Waals surface area contributed by atoms with Crippen LogP contribution in [0.5, 0.6) is 11.5 Å². The summed E-state index contributed by atoms with van der Waals surface area (Å²) in [6, 6.07) is 0.705. The van der Waals surface area contributed by atoms with E-state index in [9.17, 15) is 18.3 Å². The van der Waals surface area contributed by atoms with E-state index in [-0.39, 0.29) is 28.1 Å². The Morgan fingerprint density at radius 3 is 2.47 bits per heavy atom. The van der Waals surface area contributed by atoms with Crippen LogP contribution in [0.4, 0.5) is 13.2 Å². The summed E-state index contributed by atoms with van der Waals surface area (Å²) in [5, 5.41) is 18.8. The van der Waals surface area contributed by atoms with Gasteiger partial charge in [-0.25, -0.2) is 0 Å². The van der Waals surface area contributed by atoms with Crippen molar-refractivity contribution in [3.8, 4) is 11.5 Å². The van der Waals surface area contributed by atoms with Gasteiger partial charge in [-0.15, -0.1) is 0 Å². The normalized spacial score (nSPS) is 15.1. The van der Waals surface area contributed by atoms with Crippen LogP contribution in [0.25, 0.3) is 0 Å². The van der Waals surface area contributed by atoms with Gasteiger partial charge in [0, 0.05) is 0 Å². The summed E-state index contributed by atoms with van der Waals surface area (Å²) >= 11 is 2.99. The average molecular weight is 344 g/mol. The smallest absolute Gasteiger partial charge is 0.416 e. The lowest BCUT2D eigenvalue weighted by Gasteiger charge is -2.22. The molecule has 1 aromatic rings. The zero-order valence-electron chi connectivity index (χ0n) is 9.91. The number of rotatable bonds is 4. The number of aliphatic hydroxyl groups is 1. The van der Waals surface area contributed by atoms with Crippen molar-refractivity contribution in [3.05, 3.63) is 22.2 Å². The number of halogens is 4. The van der Waals surface area contributed by atoms with Crippen LogP contribution in [0, 0.1) is 0 Å². The minimum absolute atomic E-state index is 0.00190. The van der Waals surface area contributed by atoms with Gasteiger partial charge in [0.1, 0.15) is 0 Å². The fourth-order valence-electron chi connectivity index (χ4n) is 1.44. The molecule has 0 heterocycles. The molecule has 19 heavy (non-hydrogen) atoms. The van der Waals surface area contributed by atoms with Gasteiger partial charge in [-0.05, 0) is 40.5 Å². The van der Waals surface area contributed by atoms with Crippen LogP contribution >= 0.6 is 15.9 Å². The van der Waals surface area contributed by atoms with Crippen molar-refractivity contribution >= 4 is 15.9 Å². The van der Waals surface area contributed by atoms with Crippen molar-refractivity contribution in [3.63, 3.8) is 0 Å². The molecule has 0 radical (unpaired) electrons. The molecule has 0 bridgehead atoms. The van der Waals surface area contributed by atoms with E-state index in [4.69, 9.17) is 15.6 Å². The molecule has 4 nitrogen and oxygen atoms in total. The molecule has 0 fully saturated rings. The van der Waals surface area contributed by atoms with E-state index < -0.39 is 18.3 Å². The second kappa shape index (κ2) is 5.98. The molecule has 0 aliphatic rings. The third-order valence-electron chi connectivity index (χ3n) is 2.41. The summed E-state index contributed by atoms with van der Waals surface area (Å²) in [6.07, 6.45) is -7.52. The van der Waals surface area contributed by atoms with E-state index in [1.165, 1.54) is 12.1 Å². The van der Waals surface area contributed by atoms with E-state index in [1.54, 1.807) is 6.92 Å². The van der Waals surface area contributed by atoms with E-state index in [2.05, 4.69) is 15.9 Å². The van der Waals surface area contributed by atoms with Crippen LogP contribution in [0.15, 0.2) is 16.6 Å². The lowest BCUT2D eigenvalue weighted by Crippen LogP contribution is -2.38. The first-order valence-electron chi connectivity index (χ1n) is 5.34. The largest absolute Gasteiger partial charge is 0.503 e. The molecule has 0 aromatic heterocycles. The molecule has 0 aliphatic heterocycles. The third-order valence-corrected chi connectivity index (χ3v) is 3.02. The lowest BCUT2D eigenvalue weighted by molar-refractivity contribution is -0.210. The zero-order valence-corrected chi connectivity index (χ0v) is 11.5. The first-order chi connectivity index (χ1) is 8.68. The molecule has 1 rings (SSSR count). The summed E-state index contributed by atoms with van der Waals surface area (Å²) in [6.45, 7) is 1.88. The standard InChI is InChI=1S/C11H13BrF3NO3/c1-2-19-7-4-5(3-6(12)9(7)17)8(16)10(18)11(13,14)15/h3-4,8,10,17-18H,2,16H2,1H3/t8-,10-/m0/s1. The summed E-state index contributed by atoms with van der Waals surface area (Å²) < 4.78 is 42.4. The van der Waals surface area contributed by atoms with E-state index in [0.717, 1.165) is 0 Å². The van der Waals surface area contributed by atoms with Crippen LogP contribution < -0.4 is 10.5 Å². The predicted molar refractivity (Wildman–Crippen MR) is 66.0 cm³/mol. The highest BCUT2D eigenvalue weighted by molar-refractivity contribution is 9.10. The van der Waals surface area contributed by atoms with Crippen molar-refractivity contribution in [2.45, 2.75) is 25.2 Å². The molecule has 0 aliphatic carbocycles. The first kappa shape index (κ1) is 16.1. The molecule has 0 spiro atoms. The van der Waals surface area contributed by atoms with Gasteiger partial charge in [0.25, 0.3) is 0 Å². The van der Waals surface area contributed by atoms with Crippen LogP contribution in [0.3, 0.4) is 0 Å². The minimum Gasteiger partial charge on any atom is -0.503 e. The second-order valence-electron chi connectivity index (χ2n) is 3.79. The number of hydrogen-bond acceptors (Lipinski definition) is 4. The fourth-order valence-corrected chi connectivity index (χ4v) is 1.90. The van der Waals surface area contributed by atoms with Gasteiger partial charge in [-0.3, -0.25) is 0 Å². The SMILES string of the molecule is CCOc1cc([C@H](N)[C@H](O)C(F)(F)F)cc(Br)c1O. The third kappa shape index (κ3) is 3.74. The Morgan fingerprint density at radius 1 is 1.42 bits per heavy atom. The molecule has 108 valence electrons. The van der Waals surface area contributed by atoms with Crippen molar-refractivity contribution in [1.82, 2.24) is 0 Å². The van der Waals surface area contributed by atoms with Gasteiger partial charge in [0.15, 0.2) is 17.6 Å². The van der Waals surface area contributed by atoms with Gasteiger partial charge in [-0.1, -0.05) is 0 Å². The summed E-state index contributed by atoms with van der Waals surface area (Å²) in [5.74, 6) is -0.240. The number of phenolic OH excluding ortho intramolecular Hbond substituents is 1. The van der Waals surface area contributed by atoms with Crippen LogP contribution in [0.1, 0.15) is 18.5 Å². The number of aromatic hydroxyl groups is 1. The van der Waals surface area contributed by atoms with E-state index in [0.29, 0.717) is 0 Å². The highest BCUT2D eigenvalue weighted by atomic mass is 79.9. The maximum absolute atomic E-state index is 12.4. The van der Waals surface area contributed by atoms with Crippen molar-refractivity contribution in [1.29, 1.82) is 0 Å². The van der Waals surface area contributed by atoms with Crippen molar-refractivity contribution < 1.29 is 28.1 Å². The molecule has 4 N–H and O–H groups in total. The molecule has 0 saturated heterocycles. The predicted octanol–water partition coefficient (Wildman–Crippen LogP) is 2.48. The molecule has 8 heteroatoms. The summed E-state index contributed by atoms with van der Waals surface area (Å²) in [4.78, 5) is 0. The number of aliphatic hydroxyl groups excluding tert-OH is 1. The monoisotopic (exact) mass is 343 g/mol. The molecular weight excluding hydrogens is 331 g/mol. The van der Waals surface area contributed by atoms with Gasteiger partial charge in [0.2, 0.25) is 0 Å². The Kier molecular flexibility index (Phi) is 5.05. The van der Waals surface area contributed by atoms with Crippen molar-refractivity contribution in [2.75, 3.05) is 6.61 Å². The Bertz CT molecular complexity index is 454. The Morgan fingerprint density at radius 2 is 2.00 bits per heavy atom. The van der Waals surface area contributed by atoms with Crippen LogP contribution in [-0.2, 0) is 0 Å². The quantitative estimate of drug-likeness (QED) is 0.785. The lowest BCUT2D eigenvalue weighted by atomic mass is 10.0. The van der Waals surface area contributed by atoms with E-state index >= 15 is 0 Å². The number of benzene rings is 1. The summed E-state index contributed by atoms with van der Waals surface area (Å²) in [7, 11) is 0. The second-order valence-corrected chi connectivity index (χ2v) is 4.65. The number of alkyl halides is 3. The number of nitrogens with two attached hydrogens (primary N) is 1. The van der Waals surface area contributed by atoms with Gasteiger partial charge >= 0.3 is 6.18 Å². The van der Waals surface area contributed by atoms with Crippen LogP contribution in [-0.4, -0.2) is 29.1 Å². The Hall–Kier alpha value is -0.990. The number of phenols is 1. The molecular formula is C11H13BrF3NO3. The molecule has 0 amide bonds. The van der Waals surface area contributed by atoms with Crippen molar-refractivity contribution in [2.24, 2.45) is 5.73 Å². The molecule has 0 saturated carbocycles. The van der Waals surface area contributed by atoms with Gasteiger partial charge in [0.05, 0.1) is 17.1 Å². The number of hydrogen-bond donors (Lipinski definition) is 3. The minimum atomic E-state index is -4.82. The summed E-state index contributed by atoms with van der Waals surface area (Å²) in [5.41, 5.74) is 5.38. The highest BCUT2D eigenvalue weighted by Crippen LogP contribution is 2.38. The molecule has 1 aromatic carbocycles. The zero-order chi connectivity index (χ0) is 14.8. The van der Waals surface area contributed by atoms with E-state index in [1.807, 2.05) is 0 Å². The first-order valence-corrected chi connectivity index (χ1v) is 6.13. The maximum atomic E-state index is 12.4. The maximum Gasteiger partial charge on any atom is 0.416 e. The van der Waals surface area contributed by atoms with Gasteiger partial charge < -0.3 is 20.7 Å². The highest BCUT2D eigenvalue weighted by Gasteiger charge is 2.43. The van der Waals surface area contributed by atoms with Gasteiger partial charge in [-0.2, -0.15) is 13.2 Å². The molecule has 0 unspecified atom stereocenters. The fraction of sp³-hybridized carbons (Fsp3) is 0.455. The average Bonchev–Trinajstić information content (AvgIpc) is 2.32. The topological polar surface area (TPSA) is 75.7 Å². The number of ether oxygens (including phenoxy) is 1. The Balaban J connectivity index is 3.14. The molecule has 2 atom stereocenters. The van der Waals surface area contributed by atoms with Crippen LogP contribution in [0.2, 0.25) is 0 Å². The Labute approximate surface area is 116 Å².